The molecule has 0 atom stereocenters. The molecule has 82 valence electrons. The Morgan fingerprint density at radius 2 is 2.33 bits per heavy atom. The van der Waals surface area contributed by atoms with Crippen LogP contribution in [-0.4, -0.2) is 33.0 Å². The van der Waals surface area contributed by atoms with Crippen LogP contribution in [0.3, 0.4) is 0 Å². The minimum absolute atomic E-state index is 0.00221. The van der Waals surface area contributed by atoms with Crippen molar-refractivity contribution >= 4 is 6.29 Å². The molecule has 1 aromatic heterocycles. The van der Waals surface area contributed by atoms with E-state index in [2.05, 4.69) is 10.3 Å². The summed E-state index contributed by atoms with van der Waals surface area (Å²) < 4.78 is 1.76. The summed E-state index contributed by atoms with van der Waals surface area (Å²) in [6, 6.07) is 0. The summed E-state index contributed by atoms with van der Waals surface area (Å²) in [4.78, 5) is 10.7. The zero-order valence-corrected chi connectivity index (χ0v) is 8.81. The predicted octanol–water partition coefficient (Wildman–Crippen LogP) is 0.426. The molecule has 1 aromatic rings. The average Bonchev–Trinajstić information content (AvgIpc) is 2.92. The minimum atomic E-state index is -0.00221. The maximum Gasteiger partial charge on any atom is 0.172 e. The first-order chi connectivity index (χ1) is 7.24. The van der Waals surface area contributed by atoms with Crippen molar-refractivity contribution in [1.82, 2.24) is 15.0 Å². The zero-order chi connectivity index (χ0) is 10.9. The van der Waals surface area contributed by atoms with Gasteiger partial charge in [-0.25, -0.2) is 4.68 Å². The molecule has 1 heterocycles. The smallest absolute Gasteiger partial charge is 0.172 e. The number of aliphatic hydroxyl groups is 1. The van der Waals surface area contributed by atoms with E-state index < -0.39 is 0 Å². The van der Waals surface area contributed by atoms with Gasteiger partial charge in [-0.1, -0.05) is 12.1 Å². The molecule has 2 rings (SSSR count). The Morgan fingerprint density at radius 1 is 1.60 bits per heavy atom. The van der Waals surface area contributed by atoms with Crippen LogP contribution in [0, 0.1) is 5.41 Å². The quantitative estimate of drug-likeness (QED) is 0.714. The molecule has 1 N–H and O–H groups in total. The summed E-state index contributed by atoms with van der Waals surface area (Å²) in [6.45, 7) is 2.83. The standard InChI is InChI=1S/C10H15N3O2/c1-2-9-8(5-14)11-12-13(9)6-10(7-15)3-4-10/h5,15H,2-4,6-7H2,1H3. The Labute approximate surface area is 88.1 Å². The summed E-state index contributed by atoms with van der Waals surface area (Å²) >= 11 is 0. The lowest BCUT2D eigenvalue weighted by molar-refractivity contribution is 0.111. The van der Waals surface area contributed by atoms with Crippen molar-refractivity contribution in [2.75, 3.05) is 6.61 Å². The third kappa shape index (κ3) is 1.79. The molecule has 0 radical (unpaired) electrons. The Kier molecular flexibility index (Phi) is 2.56. The van der Waals surface area contributed by atoms with Crippen LogP contribution in [0.5, 0.6) is 0 Å². The maximum atomic E-state index is 10.7. The first-order valence-corrected chi connectivity index (χ1v) is 5.23. The molecule has 1 fully saturated rings. The van der Waals surface area contributed by atoms with Crippen LogP contribution < -0.4 is 0 Å². The first kappa shape index (κ1) is 10.3. The van der Waals surface area contributed by atoms with Crippen LogP contribution in [0.1, 0.15) is 35.9 Å². The van der Waals surface area contributed by atoms with E-state index in [0.717, 1.165) is 31.2 Å². The lowest BCUT2D eigenvalue weighted by Crippen LogP contribution is -2.18. The second-order valence-electron chi connectivity index (χ2n) is 4.21. The molecular weight excluding hydrogens is 194 g/mol. The fourth-order valence-corrected chi connectivity index (χ4v) is 1.79. The van der Waals surface area contributed by atoms with Gasteiger partial charge >= 0.3 is 0 Å². The summed E-state index contributed by atoms with van der Waals surface area (Å²) in [6.07, 6.45) is 3.54. The number of aliphatic hydroxyl groups excluding tert-OH is 1. The van der Waals surface area contributed by atoms with Gasteiger partial charge in [0.05, 0.1) is 18.8 Å². The molecule has 0 aliphatic heterocycles. The third-order valence-corrected chi connectivity index (χ3v) is 3.09. The molecule has 0 aromatic carbocycles. The van der Waals surface area contributed by atoms with Crippen molar-refractivity contribution in [1.29, 1.82) is 0 Å². The van der Waals surface area contributed by atoms with Crippen molar-refractivity contribution in [2.45, 2.75) is 32.7 Å². The number of nitrogens with zero attached hydrogens (tertiary/aromatic N) is 3. The Bertz CT molecular complexity index is 369. The van der Waals surface area contributed by atoms with E-state index in [9.17, 15) is 9.90 Å². The SMILES string of the molecule is CCc1c(C=O)nnn1CC1(CO)CC1. The van der Waals surface area contributed by atoms with Gasteiger partial charge in [-0.3, -0.25) is 4.79 Å². The van der Waals surface area contributed by atoms with Crippen molar-refractivity contribution in [3.63, 3.8) is 0 Å². The largest absolute Gasteiger partial charge is 0.396 e. The second-order valence-corrected chi connectivity index (χ2v) is 4.21. The summed E-state index contributed by atoms with van der Waals surface area (Å²) in [5, 5.41) is 17.0. The number of aromatic nitrogens is 3. The molecule has 15 heavy (non-hydrogen) atoms. The van der Waals surface area contributed by atoms with Gasteiger partial charge in [-0.2, -0.15) is 0 Å². The number of aldehydes is 1. The topological polar surface area (TPSA) is 68.0 Å². The van der Waals surface area contributed by atoms with Crippen molar-refractivity contribution in [3.8, 4) is 0 Å². The molecular formula is C10H15N3O2. The van der Waals surface area contributed by atoms with Crippen LogP contribution in [0.15, 0.2) is 0 Å². The molecule has 0 spiro atoms. The van der Waals surface area contributed by atoms with E-state index in [-0.39, 0.29) is 12.0 Å². The van der Waals surface area contributed by atoms with Gasteiger partial charge in [-0.15, -0.1) is 5.10 Å². The van der Waals surface area contributed by atoms with E-state index in [4.69, 9.17) is 0 Å². The van der Waals surface area contributed by atoms with E-state index in [1.54, 1.807) is 4.68 Å². The number of carbonyl (C=O) groups excluding carboxylic acids is 1. The normalized spacial score (nSPS) is 17.7. The molecule has 5 nitrogen and oxygen atoms in total. The van der Waals surface area contributed by atoms with Crippen LogP contribution in [0.2, 0.25) is 0 Å². The highest BCUT2D eigenvalue weighted by molar-refractivity contribution is 5.73. The van der Waals surface area contributed by atoms with Gasteiger partial charge in [-0.05, 0) is 19.3 Å². The van der Waals surface area contributed by atoms with Crippen LogP contribution in [0.25, 0.3) is 0 Å². The van der Waals surface area contributed by atoms with Gasteiger partial charge in [0.2, 0.25) is 0 Å². The molecule has 1 aliphatic carbocycles. The Balaban J connectivity index is 2.21. The van der Waals surface area contributed by atoms with E-state index >= 15 is 0 Å². The fraction of sp³-hybridized carbons (Fsp3) is 0.700. The summed E-state index contributed by atoms with van der Waals surface area (Å²) in [5.74, 6) is 0. The average molecular weight is 209 g/mol. The zero-order valence-electron chi connectivity index (χ0n) is 8.81. The van der Waals surface area contributed by atoms with Crippen LogP contribution in [-0.2, 0) is 13.0 Å². The van der Waals surface area contributed by atoms with Gasteiger partial charge < -0.3 is 5.11 Å². The lowest BCUT2D eigenvalue weighted by atomic mass is 10.1. The van der Waals surface area contributed by atoms with Crippen molar-refractivity contribution < 1.29 is 9.90 Å². The molecule has 5 heteroatoms. The molecule has 0 bridgehead atoms. The minimum Gasteiger partial charge on any atom is -0.396 e. The highest BCUT2D eigenvalue weighted by atomic mass is 16.3. The summed E-state index contributed by atoms with van der Waals surface area (Å²) in [5.41, 5.74) is 1.29. The van der Waals surface area contributed by atoms with Gasteiger partial charge in [0.15, 0.2) is 6.29 Å². The highest BCUT2D eigenvalue weighted by Gasteiger charge is 2.43. The molecule has 1 saturated carbocycles. The lowest BCUT2D eigenvalue weighted by Gasteiger charge is -2.12. The van der Waals surface area contributed by atoms with Crippen LogP contribution >= 0.6 is 0 Å². The number of carbonyl (C=O) groups is 1. The molecule has 0 amide bonds. The summed E-state index contributed by atoms with van der Waals surface area (Å²) in [7, 11) is 0. The monoisotopic (exact) mass is 209 g/mol. The van der Waals surface area contributed by atoms with Gasteiger partial charge in [0, 0.05) is 5.41 Å². The molecule has 0 unspecified atom stereocenters. The van der Waals surface area contributed by atoms with E-state index in [1.165, 1.54) is 0 Å². The predicted molar refractivity (Wildman–Crippen MR) is 53.5 cm³/mol. The molecule has 0 saturated heterocycles. The highest BCUT2D eigenvalue weighted by Crippen LogP contribution is 2.46. The van der Waals surface area contributed by atoms with Gasteiger partial charge in [0.1, 0.15) is 5.69 Å². The van der Waals surface area contributed by atoms with E-state index in [0.29, 0.717) is 12.2 Å². The van der Waals surface area contributed by atoms with E-state index in [1.807, 2.05) is 6.92 Å². The Hall–Kier alpha value is -1.23. The number of rotatable bonds is 5. The van der Waals surface area contributed by atoms with Crippen LogP contribution in [0.4, 0.5) is 0 Å². The van der Waals surface area contributed by atoms with Crippen molar-refractivity contribution in [2.24, 2.45) is 5.41 Å². The number of hydrogen-bond acceptors (Lipinski definition) is 4. The maximum absolute atomic E-state index is 10.7. The fourth-order valence-electron chi connectivity index (χ4n) is 1.79. The molecule has 1 aliphatic rings. The van der Waals surface area contributed by atoms with Crippen molar-refractivity contribution in [3.05, 3.63) is 11.4 Å². The Morgan fingerprint density at radius 3 is 2.80 bits per heavy atom. The first-order valence-electron chi connectivity index (χ1n) is 5.23. The van der Waals surface area contributed by atoms with Gasteiger partial charge in [0.25, 0.3) is 0 Å². The second kappa shape index (κ2) is 3.73. The third-order valence-electron chi connectivity index (χ3n) is 3.09. The number of hydrogen-bond donors (Lipinski definition) is 1.